The topological polar surface area (TPSA) is 63.0 Å². The largest absolute Gasteiger partial charge is 0.456 e. The first-order valence-corrected chi connectivity index (χ1v) is 19.9. The van der Waals surface area contributed by atoms with Crippen LogP contribution in [-0.2, 0) is 0 Å². The normalized spacial score (nSPS) is 14.5. The fourth-order valence-corrected chi connectivity index (χ4v) is 9.72. The van der Waals surface area contributed by atoms with Gasteiger partial charge >= 0.3 is 0 Å². The van der Waals surface area contributed by atoms with Crippen LogP contribution in [0.5, 0.6) is 0 Å². The van der Waals surface area contributed by atoms with Crippen LogP contribution in [0.15, 0.2) is 195 Å². The lowest BCUT2D eigenvalue weighted by Crippen LogP contribution is -2.33. The Morgan fingerprint density at radius 2 is 1.12 bits per heavy atom. The van der Waals surface area contributed by atoms with Gasteiger partial charge < -0.3 is 14.2 Å². The van der Waals surface area contributed by atoms with Crippen LogP contribution >= 0.6 is 11.3 Å². The Morgan fingerprint density at radius 3 is 1.98 bits per heavy atom. The molecule has 1 aliphatic rings. The molecule has 1 aliphatic heterocycles. The van der Waals surface area contributed by atoms with Crippen molar-refractivity contribution >= 4 is 87.1 Å². The number of rotatable bonds is 5. The minimum Gasteiger partial charge on any atom is -0.456 e. The summed E-state index contributed by atoms with van der Waals surface area (Å²) in [5.41, 5.74) is 10.5. The van der Waals surface area contributed by atoms with Gasteiger partial charge in [-0.05, 0) is 53.1 Å². The third kappa shape index (κ3) is 5.08. The first-order chi connectivity index (χ1) is 28.2. The molecule has 0 saturated heterocycles. The van der Waals surface area contributed by atoms with Crippen LogP contribution < -0.4 is 5.32 Å². The number of hydrogen-bond donors (Lipinski definition) is 1. The Hall–Kier alpha value is -7.28. The Labute approximate surface area is 330 Å². The van der Waals surface area contributed by atoms with E-state index in [9.17, 15) is 0 Å². The second-order valence-corrected chi connectivity index (χ2v) is 15.5. The Morgan fingerprint density at radius 1 is 0.456 bits per heavy atom. The fraction of sp³-hybridized carbons (Fsp3) is 0.0196. The van der Waals surface area contributed by atoms with Gasteiger partial charge in [-0.1, -0.05) is 140 Å². The summed E-state index contributed by atoms with van der Waals surface area (Å²) < 4.78 is 15.7. The molecule has 0 radical (unpaired) electrons. The van der Waals surface area contributed by atoms with E-state index in [1.807, 2.05) is 41.7 Å². The number of fused-ring (bicyclic) bond motifs is 9. The molecule has 268 valence electrons. The highest BCUT2D eigenvalue weighted by atomic mass is 32.1. The smallest absolute Gasteiger partial charge is 0.160 e. The van der Waals surface area contributed by atoms with Crippen LogP contribution in [-0.4, -0.2) is 11.7 Å². The van der Waals surface area contributed by atoms with E-state index in [1.54, 1.807) is 0 Å². The monoisotopic (exact) mass is 749 g/mol. The lowest BCUT2D eigenvalue weighted by Gasteiger charge is -2.25. The van der Waals surface area contributed by atoms with Crippen molar-refractivity contribution in [2.24, 2.45) is 9.98 Å². The van der Waals surface area contributed by atoms with Crippen LogP contribution in [0.2, 0.25) is 0 Å². The van der Waals surface area contributed by atoms with Gasteiger partial charge in [0, 0.05) is 64.0 Å². The van der Waals surface area contributed by atoms with E-state index >= 15 is 0 Å². The molecule has 0 aliphatic carbocycles. The van der Waals surface area contributed by atoms with Gasteiger partial charge in [-0.15, -0.1) is 11.3 Å². The molecule has 0 fully saturated rings. The number of furan rings is 2. The average Bonchev–Trinajstić information content (AvgIpc) is 3.98. The third-order valence-electron chi connectivity index (χ3n) is 11.2. The summed E-state index contributed by atoms with van der Waals surface area (Å²) in [7, 11) is 0. The van der Waals surface area contributed by atoms with Gasteiger partial charge in [0.05, 0.1) is 0 Å². The first-order valence-electron chi connectivity index (χ1n) is 19.1. The molecule has 1 unspecified atom stereocenters. The molecule has 8 aromatic carbocycles. The number of benzene rings is 8. The molecule has 0 spiro atoms. The molecule has 57 heavy (non-hydrogen) atoms. The first kappa shape index (κ1) is 32.0. The van der Waals surface area contributed by atoms with Gasteiger partial charge in [-0.25, -0.2) is 9.98 Å². The number of aliphatic imine (C=N–C) groups is 2. The van der Waals surface area contributed by atoms with Crippen molar-refractivity contribution in [1.29, 1.82) is 0 Å². The molecule has 6 heteroatoms. The van der Waals surface area contributed by atoms with Crippen molar-refractivity contribution in [3.8, 4) is 22.3 Å². The highest BCUT2D eigenvalue weighted by molar-refractivity contribution is 7.25. The fourth-order valence-electron chi connectivity index (χ4n) is 8.58. The molecular formula is C51H31N3O2S. The molecule has 0 bridgehead atoms. The van der Waals surface area contributed by atoms with E-state index < -0.39 is 6.17 Å². The summed E-state index contributed by atoms with van der Waals surface area (Å²) in [6.07, 6.45) is -0.439. The maximum Gasteiger partial charge on any atom is 0.160 e. The second-order valence-electron chi connectivity index (χ2n) is 14.5. The summed E-state index contributed by atoms with van der Waals surface area (Å²) in [6, 6.07) is 61.3. The maximum atomic E-state index is 6.66. The number of amidine groups is 2. The van der Waals surface area contributed by atoms with Crippen molar-refractivity contribution < 1.29 is 8.83 Å². The molecule has 1 N–H and O–H groups in total. The summed E-state index contributed by atoms with van der Waals surface area (Å²) in [6.45, 7) is 0. The van der Waals surface area contributed by atoms with Crippen molar-refractivity contribution in [1.82, 2.24) is 5.32 Å². The molecule has 11 aromatic rings. The highest BCUT2D eigenvalue weighted by Gasteiger charge is 2.28. The van der Waals surface area contributed by atoms with Gasteiger partial charge in [0.2, 0.25) is 0 Å². The zero-order valence-electron chi connectivity index (χ0n) is 30.4. The number of para-hydroxylation sites is 3. The van der Waals surface area contributed by atoms with Crippen LogP contribution in [0.4, 0.5) is 0 Å². The zero-order valence-corrected chi connectivity index (χ0v) is 31.3. The van der Waals surface area contributed by atoms with Crippen LogP contribution in [0, 0.1) is 0 Å². The summed E-state index contributed by atoms with van der Waals surface area (Å²) >= 11 is 1.81. The van der Waals surface area contributed by atoms with E-state index in [0.717, 1.165) is 83.1 Å². The van der Waals surface area contributed by atoms with E-state index in [0.29, 0.717) is 5.84 Å². The van der Waals surface area contributed by atoms with Crippen molar-refractivity contribution in [2.45, 2.75) is 6.17 Å². The molecule has 0 saturated carbocycles. The third-order valence-corrected chi connectivity index (χ3v) is 12.3. The summed E-state index contributed by atoms with van der Waals surface area (Å²) in [4.78, 5) is 11.1. The molecule has 4 heterocycles. The number of thiophene rings is 1. The predicted molar refractivity (Wildman–Crippen MR) is 237 cm³/mol. The molecule has 0 amide bonds. The summed E-state index contributed by atoms with van der Waals surface area (Å²) in [5, 5.41) is 10.4. The lowest BCUT2D eigenvalue weighted by molar-refractivity contribution is 0.668. The average molecular weight is 750 g/mol. The number of nitrogens with one attached hydrogen (secondary N) is 1. The molecule has 12 rings (SSSR count). The van der Waals surface area contributed by atoms with Gasteiger partial charge in [0.25, 0.3) is 0 Å². The predicted octanol–water partition coefficient (Wildman–Crippen LogP) is 13.7. The molecule has 3 aromatic heterocycles. The SMILES string of the molecule is c1ccc(-c2ccc(C3=NC(c4c(-c5cccc6c5oc5ccccc56)ccc5oc6ccccc6c45)=NC(c4cccc5sc6ccccc6c45)N3)cc2)cc1. The van der Waals surface area contributed by atoms with Crippen LogP contribution in [0.25, 0.3) is 86.3 Å². The van der Waals surface area contributed by atoms with Gasteiger partial charge in [0.1, 0.15) is 34.3 Å². The minimum atomic E-state index is -0.439. The number of hydrogen-bond acceptors (Lipinski definition) is 6. The minimum absolute atomic E-state index is 0.439. The second kappa shape index (κ2) is 12.6. The lowest BCUT2D eigenvalue weighted by atomic mass is 9.93. The van der Waals surface area contributed by atoms with Crippen LogP contribution in [0.3, 0.4) is 0 Å². The van der Waals surface area contributed by atoms with Crippen molar-refractivity contribution in [2.75, 3.05) is 0 Å². The van der Waals surface area contributed by atoms with E-state index in [-0.39, 0.29) is 0 Å². The maximum absolute atomic E-state index is 6.66. The molecule has 5 nitrogen and oxygen atoms in total. The van der Waals surface area contributed by atoms with Gasteiger partial charge in [-0.2, -0.15) is 0 Å². The quantitative estimate of drug-likeness (QED) is 0.191. The van der Waals surface area contributed by atoms with E-state index in [4.69, 9.17) is 18.8 Å². The van der Waals surface area contributed by atoms with Crippen molar-refractivity contribution in [3.63, 3.8) is 0 Å². The molecular weight excluding hydrogens is 719 g/mol. The van der Waals surface area contributed by atoms with Gasteiger partial charge in [-0.3, -0.25) is 0 Å². The van der Waals surface area contributed by atoms with Gasteiger partial charge in [0.15, 0.2) is 5.84 Å². The Bertz CT molecular complexity index is 3440. The standard InChI is InChI=1S/C51H31N3O2S/c1-2-12-30(13-3-1)31-24-26-32(27-25-31)49-52-50(39-19-11-23-44-45(39)38-16-6-9-22-43(38)57-44)54-51(53-49)47-34(28-29-42-46(47)37-15-5-8-21-41(37)55-42)36-18-10-17-35-33-14-4-7-20-40(33)56-48(35)36/h1-29,50H,(H,52,53,54). The Balaban J connectivity index is 1.14. The summed E-state index contributed by atoms with van der Waals surface area (Å²) in [5.74, 6) is 1.37. The van der Waals surface area contributed by atoms with E-state index in [1.165, 1.54) is 25.7 Å². The Kier molecular flexibility index (Phi) is 7.09. The molecule has 1 atom stereocenters. The number of nitrogens with zero attached hydrogens (tertiary/aromatic N) is 2. The van der Waals surface area contributed by atoms with E-state index in [2.05, 4.69) is 151 Å². The highest BCUT2D eigenvalue weighted by Crippen LogP contribution is 2.44. The van der Waals surface area contributed by atoms with Crippen molar-refractivity contribution in [3.05, 3.63) is 193 Å². The zero-order chi connectivity index (χ0) is 37.5. The van der Waals surface area contributed by atoms with Crippen LogP contribution in [0.1, 0.15) is 22.9 Å².